The van der Waals surface area contributed by atoms with Crippen molar-refractivity contribution in [1.29, 1.82) is 0 Å². The van der Waals surface area contributed by atoms with E-state index < -0.39 is 24.2 Å². The van der Waals surface area contributed by atoms with E-state index in [1.54, 1.807) is 31.4 Å². The Morgan fingerprint density at radius 1 is 1.14 bits per heavy atom. The molecule has 11 heteroatoms. The van der Waals surface area contributed by atoms with Crippen LogP contribution in [0.5, 0.6) is 5.75 Å². The number of hydrogen-bond donors (Lipinski definition) is 4. The number of aliphatic hydroxyl groups excluding tert-OH is 2. The zero-order valence-electron chi connectivity index (χ0n) is 30.2. The van der Waals surface area contributed by atoms with E-state index >= 15 is 0 Å². The largest absolute Gasteiger partial charge is 0.496 e. The lowest BCUT2D eigenvalue weighted by atomic mass is 9.45. The lowest BCUT2D eigenvalue weighted by Gasteiger charge is -2.62. The molecule has 0 spiro atoms. The molecule has 7 rings (SSSR count). The third kappa shape index (κ3) is 6.76. The molecule has 2 amide bonds. The average molecular weight is 689 g/mol. The quantitative estimate of drug-likeness (QED) is 0.215. The fourth-order valence-electron chi connectivity index (χ4n) is 8.67. The Hall–Kier alpha value is -3.90. The maximum Gasteiger partial charge on any atom is 0.251 e. The topological polar surface area (TPSA) is 137 Å². The maximum atomic E-state index is 14.2. The molecular weight excluding hydrogens is 636 g/mol. The molecule has 2 aromatic carbocycles. The molecule has 270 valence electrons. The number of hydroxylamine groups is 2. The van der Waals surface area contributed by atoms with Crippen LogP contribution in [-0.4, -0.2) is 79.2 Å². The predicted octanol–water partition coefficient (Wildman–Crippen LogP) is 4.61. The molecule has 1 aliphatic heterocycles. The van der Waals surface area contributed by atoms with Gasteiger partial charge in [0.1, 0.15) is 23.7 Å². The van der Waals surface area contributed by atoms with Crippen LogP contribution in [0.2, 0.25) is 0 Å². The zero-order chi connectivity index (χ0) is 35.9. The maximum absolute atomic E-state index is 14.2. The number of benzene rings is 2. The van der Waals surface area contributed by atoms with E-state index in [2.05, 4.69) is 31.4 Å². The summed E-state index contributed by atoms with van der Waals surface area (Å²) in [6.07, 6.45) is 2.05. The summed E-state index contributed by atoms with van der Waals surface area (Å²) in [6.45, 7) is 8.62. The van der Waals surface area contributed by atoms with Crippen LogP contribution in [0.1, 0.15) is 62.2 Å². The SMILES string of the molecule is COc1c(CN2O[C@@H](CO)[C@H]([C@H](C)O)[C@H]2C(=O)N[C@H]2C[C@H]3C[C@H]([C@@H]2C)C3(C)C)cccc1-c1cc(C(=O)NCc2ccco2)cc(N(C)C)c1. The number of para-hydroxylation sites is 1. The van der Waals surface area contributed by atoms with Crippen molar-refractivity contribution in [1.82, 2.24) is 15.7 Å². The summed E-state index contributed by atoms with van der Waals surface area (Å²) >= 11 is 0. The van der Waals surface area contributed by atoms with Gasteiger partial charge in [-0.05, 0) is 78.8 Å². The predicted molar refractivity (Wildman–Crippen MR) is 190 cm³/mol. The second-order valence-corrected chi connectivity index (χ2v) is 15.2. The van der Waals surface area contributed by atoms with E-state index in [0.29, 0.717) is 34.8 Å². The van der Waals surface area contributed by atoms with Crippen molar-refractivity contribution in [3.8, 4) is 16.9 Å². The number of carbonyl (C=O) groups is 2. The summed E-state index contributed by atoms with van der Waals surface area (Å²) in [5, 5.41) is 29.1. The van der Waals surface area contributed by atoms with E-state index in [1.165, 1.54) is 6.42 Å². The number of furan rings is 1. The number of carbonyl (C=O) groups excluding carboxylic acids is 2. The molecule has 3 aromatic rings. The van der Waals surface area contributed by atoms with Gasteiger partial charge in [-0.1, -0.05) is 39.0 Å². The number of nitrogens with zero attached hydrogens (tertiary/aromatic N) is 2. The number of aliphatic hydroxyl groups is 2. The van der Waals surface area contributed by atoms with Crippen LogP contribution in [0, 0.1) is 29.1 Å². The summed E-state index contributed by atoms with van der Waals surface area (Å²) in [6, 6.07) is 14.2. The molecule has 2 heterocycles. The van der Waals surface area contributed by atoms with E-state index in [0.717, 1.165) is 28.8 Å². The van der Waals surface area contributed by atoms with Crippen LogP contribution in [0.25, 0.3) is 11.1 Å². The Labute approximate surface area is 294 Å². The summed E-state index contributed by atoms with van der Waals surface area (Å²) in [5.74, 6) is 1.60. The molecule has 1 aromatic heterocycles. The van der Waals surface area contributed by atoms with Gasteiger partial charge in [0.05, 0.1) is 39.2 Å². The van der Waals surface area contributed by atoms with Crippen molar-refractivity contribution in [3.05, 3.63) is 71.7 Å². The van der Waals surface area contributed by atoms with E-state index in [-0.39, 0.29) is 43.0 Å². The Kier molecular flexibility index (Phi) is 10.3. The molecule has 4 N–H and O–H groups in total. The highest BCUT2D eigenvalue weighted by molar-refractivity contribution is 5.97. The number of ether oxygens (including phenoxy) is 1. The molecular formula is C39H52N4O7. The Bertz CT molecular complexity index is 1670. The Morgan fingerprint density at radius 2 is 1.92 bits per heavy atom. The van der Waals surface area contributed by atoms with Gasteiger partial charge < -0.3 is 34.9 Å². The highest BCUT2D eigenvalue weighted by Crippen LogP contribution is 2.61. The fraction of sp³-hybridized carbons (Fsp3) is 0.538. The highest BCUT2D eigenvalue weighted by Gasteiger charge is 2.57. The first-order valence-corrected chi connectivity index (χ1v) is 17.7. The number of nitrogens with one attached hydrogen (secondary N) is 2. The number of anilines is 1. The van der Waals surface area contributed by atoms with E-state index in [1.807, 2.05) is 61.5 Å². The van der Waals surface area contributed by atoms with Crippen LogP contribution < -0.4 is 20.3 Å². The molecule has 1 saturated heterocycles. The number of fused-ring (bicyclic) bond motifs is 2. The Balaban J connectivity index is 1.28. The highest BCUT2D eigenvalue weighted by atomic mass is 16.7. The van der Waals surface area contributed by atoms with Gasteiger partial charge in [0.25, 0.3) is 5.91 Å². The fourth-order valence-corrected chi connectivity index (χ4v) is 8.67. The molecule has 4 aliphatic rings. The van der Waals surface area contributed by atoms with Crippen molar-refractivity contribution in [2.75, 3.05) is 32.7 Å². The minimum atomic E-state index is -0.900. The van der Waals surface area contributed by atoms with Crippen LogP contribution in [0.4, 0.5) is 5.69 Å². The van der Waals surface area contributed by atoms with Crippen LogP contribution in [0.3, 0.4) is 0 Å². The molecule has 3 aliphatic carbocycles. The lowest BCUT2D eigenvalue weighted by molar-refractivity contribution is -0.183. The summed E-state index contributed by atoms with van der Waals surface area (Å²) in [7, 11) is 5.43. The minimum absolute atomic E-state index is 0.0382. The van der Waals surface area contributed by atoms with E-state index in [9.17, 15) is 19.8 Å². The second kappa shape index (κ2) is 14.4. The molecule has 11 nitrogen and oxygen atoms in total. The van der Waals surface area contributed by atoms with E-state index in [4.69, 9.17) is 14.0 Å². The summed E-state index contributed by atoms with van der Waals surface area (Å²) in [4.78, 5) is 35.7. The smallest absolute Gasteiger partial charge is 0.251 e. The third-order valence-corrected chi connectivity index (χ3v) is 11.7. The zero-order valence-corrected chi connectivity index (χ0v) is 30.2. The minimum Gasteiger partial charge on any atom is -0.496 e. The van der Waals surface area contributed by atoms with Gasteiger partial charge in [-0.15, -0.1) is 0 Å². The van der Waals surface area contributed by atoms with Gasteiger partial charge in [-0.25, -0.2) is 0 Å². The standard InChI is InChI=1S/C39H52N4O7/c1-22-31-17-27(39(31,3)4)18-32(22)41-38(47)35-34(23(2)45)33(21-44)50-43(35)20-24-10-8-12-30(36(24)48-7)25-14-26(16-28(15-25)42(5)6)37(46)40-19-29-11-9-13-49-29/h8-16,22-23,27,31-35,44-45H,17-21H2,1-7H3,(H,40,46)(H,41,47)/t22-,23-,27+,31+,32-,33-,34-,35-/m0/s1. The van der Waals surface area contributed by atoms with Crippen molar-refractivity contribution < 1.29 is 33.8 Å². The molecule has 4 fully saturated rings. The van der Waals surface area contributed by atoms with Crippen LogP contribution >= 0.6 is 0 Å². The summed E-state index contributed by atoms with van der Waals surface area (Å²) in [5.41, 5.74) is 3.88. The first-order chi connectivity index (χ1) is 23.8. The molecule has 0 unspecified atom stereocenters. The van der Waals surface area contributed by atoms with Crippen molar-refractivity contribution in [3.63, 3.8) is 0 Å². The molecule has 3 saturated carbocycles. The number of methoxy groups -OCH3 is 1. The number of rotatable bonds is 12. The third-order valence-electron chi connectivity index (χ3n) is 11.7. The molecule has 0 radical (unpaired) electrons. The summed E-state index contributed by atoms with van der Waals surface area (Å²) < 4.78 is 11.4. The molecule has 50 heavy (non-hydrogen) atoms. The van der Waals surface area contributed by atoms with Crippen LogP contribution in [0.15, 0.2) is 59.2 Å². The average Bonchev–Trinajstić information content (AvgIpc) is 3.75. The van der Waals surface area contributed by atoms with Gasteiger partial charge in [-0.3, -0.25) is 14.4 Å². The van der Waals surface area contributed by atoms with Gasteiger partial charge >= 0.3 is 0 Å². The first kappa shape index (κ1) is 35.9. The normalized spacial score (nSPS) is 27.7. The van der Waals surface area contributed by atoms with Gasteiger partial charge in [-0.2, -0.15) is 5.06 Å². The van der Waals surface area contributed by atoms with Crippen molar-refractivity contribution in [2.45, 2.75) is 77.9 Å². The number of hydrogen-bond acceptors (Lipinski definition) is 9. The lowest BCUT2D eigenvalue weighted by Crippen LogP contribution is -2.62. The first-order valence-electron chi connectivity index (χ1n) is 17.7. The van der Waals surface area contributed by atoms with Crippen molar-refractivity contribution >= 4 is 17.5 Å². The second-order valence-electron chi connectivity index (χ2n) is 15.2. The molecule has 8 atom stereocenters. The monoisotopic (exact) mass is 688 g/mol. The van der Waals surface area contributed by atoms with Gasteiger partial charge in [0, 0.05) is 48.4 Å². The Morgan fingerprint density at radius 3 is 2.54 bits per heavy atom. The molecule has 2 bridgehead atoms. The van der Waals surface area contributed by atoms with Gasteiger partial charge in [0.15, 0.2) is 0 Å². The number of amides is 2. The van der Waals surface area contributed by atoms with Gasteiger partial charge in [0.2, 0.25) is 5.91 Å². The van der Waals surface area contributed by atoms with Crippen LogP contribution in [-0.2, 0) is 22.7 Å². The van der Waals surface area contributed by atoms with Crippen molar-refractivity contribution in [2.24, 2.45) is 29.1 Å².